The molecule has 0 bridgehead atoms. The summed E-state index contributed by atoms with van der Waals surface area (Å²) in [7, 11) is -4.06. The van der Waals surface area contributed by atoms with Crippen LogP contribution >= 0.6 is 0 Å². The van der Waals surface area contributed by atoms with Gasteiger partial charge in [0.2, 0.25) is 10.0 Å². The molecule has 0 fully saturated rings. The van der Waals surface area contributed by atoms with Gasteiger partial charge in [-0.15, -0.1) is 0 Å². The van der Waals surface area contributed by atoms with Crippen molar-refractivity contribution in [3.05, 3.63) is 112 Å². The number of aliphatic carboxylic acids is 1. The molecule has 0 spiro atoms. The van der Waals surface area contributed by atoms with Gasteiger partial charge in [0, 0.05) is 0 Å². The van der Waals surface area contributed by atoms with Crippen molar-refractivity contribution in [1.29, 1.82) is 0 Å². The molecule has 3 aromatic rings. The minimum atomic E-state index is -4.06. The Morgan fingerprint density at radius 1 is 0.889 bits per heavy atom. The SMILES string of the molecule is Cc1ccc(S(=O)(=O)N2[C@@H](c3ccc(C(C)(C)C)cc3)C(C(=O)O)=CC[C@H]2c2cccc(C)c2)cc1. The second kappa shape index (κ2) is 9.68. The van der Waals surface area contributed by atoms with Crippen LogP contribution in [0.2, 0.25) is 0 Å². The molecule has 36 heavy (non-hydrogen) atoms. The Morgan fingerprint density at radius 2 is 1.53 bits per heavy atom. The van der Waals surface area contributed by atoms with Crippen LogP contribution in [0.1, 0.15) is 67.1 Å². The maximum atomic E-state index is 14.3. The van der Waals surface area contributed by atoms with Crippen LogP contribution in [-0.4, -0.2) is 23.8 Å². The predicted molar refractivity (Wildman–Crippen MR) is 142 cm³/mol. The average Bonchev–Trinajstić information content (AvgIpc) is 2.83. The number of rotatable bonds is 5. The van der Waals surface area contributed by atoms with Crippen LogP contribution in [0.3, 0.4) is 0 Å². The fourth-order valence-electron chi connectivity index (χ4n) is 4.77. The maximum Gasteiger partial charge on any atom is 0.333 e. The van der Waals surface area contributed by atoms with E-state index in [1.165, 1.54) is 4.31 Å². The molecule has 0 amide bonds. The zero-order chi connectivity index (χ0) is 26.3. The molecule has 0 radical (unpaired) electrons. The molecule has 1 heterocycles. The van der Waals surface area contributed by atoms with Gasteiger partial charge < -0.3 is 5.11 Å². The van der Waals surface area contributed by atoms with Gasteiger partial charge in [-0.25, -0.2) is 13.2 Å². The lowest BCUT2D eigenvalue weighted by atomic mass is 9.84. The van der Waals surface area contributed by atoms with Crippen molar-refractivity contribution < 1.29 is 18.3 Å². The average molecular weight is 504 g/mol. The molecule has 2 atom stereocenters. The fraction of sp³-hybridized carbons (Fsp3) is 0.300. The molecule has 0 aliphatic carbocycles. The van der Waals surface area contributed by atoms with E-state index in [0.717, 1.165) is 22.3 Å². The molecule has 1 N–H and O–H groups in total. The highest BCUT2D eigenvalue weighted by atomic mass is 32.2. The molecule has 1 aliphatic rings. The first kappa shape index (κ1) is 25.9. The van der Waals surface area contributed by atoms with Crippen LogP contribution in [0.25, 0.3) is 0 Å². The second-order valence-corrected chi connectivity index (χ2v) is 12.4. The number of hydrogen-bond donors (Lipinski definition) is 1. The highest BCUT2D eigenvalue weighted by Crippen LogP contribution is 2.46. The highest BCUT2D eigenvalue weighted by Gasteiger charge is 2.44. The molecule has 6 heteroatoms. The van der Waals surface area contributed by atoms with Crippen molar-refractivity contribution in [2.75, 3.05) is 0 Å². The summed E-state index contributed by atoms with van der Waals surface area (Å²) in [6.07, 6.45) is 1.95. The van der Waals surface area contributed by atoms with Crippen molar-refractivity contribution >= 4 is 16.0 Å². The van der Waals surface area contributed by atoms with Crippen molar-refractivity contribution in [3.8, 4) is 0 Å². The molecule has 5 nitrogen and oxygen atoms in total. The maximum absolute atomic E-state index is 14.3. The number of aryl methyl sites for hydroxylation is 2. The number of hydrogen-bond acceptors (Lipinski definition) is 3. The summed E-state index contributed by atoms with van der Waals surface area (Å²) < 4.78 is 29.9. The first-order valence-electron chi connectivity index (χ1n) is 12.1. The first-order valence-corrected chi connectivity index (χ1v) is 13.5. The van der Waals surface area contributed by atoms with Crippen LogP contribution in [0.5, 0.6) is 0 Å². The minimum absolute atomic E-state index is 0.0677. The summed E-state index contributed by atoms with van der Waals surface area (Å²) in [6.45, 7) is 10.2. The molecule has 3 aromatic carbocycles. The van der Waals surface area contributed by atoms with Crippen molar-refractivity contribution in [3.63, 3.8) is 0 Å². The zero-order valence-corrected chi connectivity index (χ0v) is 22.2. The van der Waals surface area contributed by atoms with E-state index in [1.807, 2.05) is 62.4 Å². The van der Waals surface area contributed by atoms with Crippen LogP contribution in [0, 0.1) is 13.8 Å². The van der Waals surface area contributed by atoms with E-state index >= 15 is 0 Å². The molecule has 188 valence electrons. The molecule has 0 aromatic heterocycles. The molecular weight excluding hydrogens is 470 g/mol. The number of carboxylic acid groups (broad SMARTS) is 1. The lowest BCUT2D eigenvalue weighted by Crippen LogP contribution is -2.42. The Labute approximate surface area is 214 Å². The standard InChI is InChI=1S/C30H33NO4S/c1-20-9-15-25(16-10-20)36(34,35)31-27(23-8-6-7-21(2)19-23)18-17-26(29(32)33)28(31)22-11-13-24(14-12-22)30(3,4)5/h6-17,19,27-28H,18H2,1-5H3,(H,32,33)/t27-,28-/m0/s1. The Bertz CT molecular complexity index is 1400. The Hall–Kier alpha value is -3.22. The Morgan fingerprint density at radius 3 is 2.08 bits per heavy atom. The zero-order valence-electron chi connectivity index (χ0n) is 21.4. The van der Waals surface area contributed by atoms with Gasteiger partial charge in [-0.1, -0.05) is 98.6 Å². The van der Waals surface area contributed by atoms with E-state index in [2.05, 4.69) is 20.8 Å². The summed E-state index contributed by atoms with van der Waals surface area (Å²) in [6, 6.07) is 20.6. The largest absolute Gasteiger partial charge is 0.478 e. The summed E-state index contributed by atoms with van der Waals surface area (Å²) in [5.41, 5.74) is 4.49. The van der Waals surface area contributed by atoms with E-state index in [0.29, 0.717) is 5.56 Å². The van der Waals surface area contributed by atoms with E-state index in [4.69, 9.17) is 0 Å². The van der Waals surface area contributed by atoms with Gasteiger partial charge in [0.1, 0.15) is 0 Å². The number of carboxylic acids is 1. The van der Waals surface area contributed by atoms with Crippen LogP contribution in [0.15, 0.2) is 89.3 Å². The summed E-state index contributed by atoms with van der Waals surface area (Å²) >= 11 is 0. The number of carbonyl (C=O) groups is 1. The van der Waals surface area contributed by atoms with E-state index in [-0.39, 0.29) is 22.3 Å². The molecule has 0 saturated heterocycles. The van der Waals surface area contributed by atoms with Gasteiger partial charge in [-0.3, -0.25) is 0 Å². The monoisotopic (exact) mass is 503 g/mol. The van der Waals surface area contributed by atoms with E-state index in [1.54, 1.807) is 30.3 Å². The summed E-state index contributed by atoms with van der Waals surface area (Å²) in [5, 5.41) is 10.2. The molecular formula is C30H33NO4S. The van der Waals surface area contributed by atoms with Gasteiger partial charge >= 0.3 is 5.97 Å². The molecule has 4 rings (SSSR count). The summed E-state index contributed by atoms with van der Waals surface area (Å²) in [4.78, 5) is 12.6. The number of benzene rings is 3. The predicted octanol–water partition coefficient (Wildman–Crippen LogP) is 6.49. The Balaban J connectivity index is 1.95. The third-order valence-electron chi connectivity index (χ3n) is 6.78. The fourth-order valence-corrected chi connectivity index (χ4v) is 6.55. The lowest BCUT2D eigenvalue weighted by Gasteiger charge is -2.41. The van der Waals surface area contributed by atoms with Gasteiger partial charge in [0.05, 0.1) is 22.6 Å². The molecule has 0 saturated carbocycles. The third-order valence-corrected chi connectivity index (χ3v) is 8.67. The quantitative estimate of drug-likeness (QED) is 0.432. The minimum Gasteiger partial charge on any atom is -0.478 e. The normalized spacial score (nSPS) is 19.1. The number of nitrogens with zero attached hydrogens (tertiary/aromatic N) is 1. The van der Waals surface area contributed by atoms with Gasteiger partial charge in [0.15, 0.2) is 0 Å². The third kappa shape index (κ3) is 5.01. The topological polar surface area (TPSA) is 74.7 Å². The van der Waals surface area contributed by atoms with E-state index in [9.17, 15) is 18.3 Å². The van der Waals surface area contributed by atoms with Crippen molar-refractivity contribution in [2.45, 2.75) is 63.4 Å². The number of sulfonamides is 1. The van der Waals surface area contributed by atoms with Gasteiger partial charge in [-0.05, 0) is 54.5 Å². The molecule has 1 aliphatic heterocycles. The van der Waals surface area contributed by atoms with Gasteiger partial charge in [0.25, 0.3) is 0 Å². The highest BCUT2D eigenvalue weighted by molar-refractivity contribution is 7.89. The second-order valence-electron chi connectivity index (χ2n) is 10.6. The first-order chi connectivity index (χ1) is 16.9. The van der Waals surface area contributed by atoms with Crippen LogP contribution in [-0.2, 0) is 20.2 Å². The van der Waals surface area contributed by atoms with Crippen LogP contribution < -0.4 is 0 Å². The summed E-state index contributed by atoms with van der Waals surface area (Å²) in [5.74, 6) is -1.12. The smallest absolute Gasteiger partial charge is 0.333 e. The van der Waals surface area contributed by atoms with Gasteiger partial charge in [-0.2, -0.15) is 4.31 Å². The lowest BCUT2D eigenvalue weighted by molar-refractivity contribution is -0.133. The van der Waals surface area contributed by atoms with Crippen LogP contribution in [0.4, 0.5) is 0 Å². The Kier molecular flexibility index (Phi) is 6.95. The molecule has 0 unspecified atom stereocenters. The van der Waals surface area contributed by atoms with Crippen molar-refractivity contribution in [1.82, 2.24) is 4.31 Å². The van der Waals surface area contributed by atoms with E-state index < -0.39 is 28.1 Å². The van der Waals surface area contributed by atoms with Crippen molar-refractivity contribution in [2.24, 2.45) is 0 Å².